The van der Waals surface area contributed by atoms with E-state index < -0.39 is 11.7 Å². The van der Waals surface area contributed by atoms with E-state index in [1.54, 1.807) is 6.07 Å². The van der Waals surface area contributed by atoms with Crippen LogP contribution in [0.25, 0.3) is 0 Å². The van der Waals surface area contributed by atoms with Gasteiger partial charge in [-0.15, -0.1) is 10.2 Å². The molecule has 150 valence electrons. The summed E-state index contributed by atoms with van der Waals surface area (Å²) in [5, 5.41) is 21.1. The number of anilines is 1. The summed E-state index contributed by atoms with van der Waals surface area (Å²) in [4.78, 5) is 0. The van der Waals surface area contributed by atoms with E-state index in [0.717, 1.165) is 43.0 Å². The molecule has 0 saturated heterocycles. The van der Waals surface area contributed by atoms with Crippen LogP contribution in [0.2, 0.25) is 0 Å². The Bertz CT molecular complexity index is 822. The number of thioether (sulfide) groups is 1. The molecule has 0 amide bonds. The number of benzene rings is 1. The second kappa shape index (κ2) is 9.32. The lowest BCUT2D eigenvalue weighted by Gasteiger charge is -2.25. The molecule has 0 bridgehead atoms. The van der Waals surface area contributed by atoms with Crippen molar-refractivity contribution in [3.05, 3.63) is 35.7 Å². The Labute approximate surface area is 166 Å². The Hall–Kier alpha value is -2.21. The predicted molar refractivity (Wildman–Crippen MR) is 102 cm³/mol. The molecule has 1 fully saturated rings. The average molecular weight is 409 g/mol. The van der Waals surface area contributed by atoms with Crippen LogP contribution in [-0.2, 0) is 12.7 Å². The highest BCUT2D eigenvalue weighted by Crippen LogP contribution is 2.33. The molecule has 0 unspecified atom stereocenters. The second-order valence-corrected chi connectivity index (χ2v) is 7.81. The number of hydrogen-bond acceptors (Lipinski definition) is 5. The first-order valence-corrected chi connectivity index (χ1v) is 10.3. The zero-order chi connectivity index (χ0) is 20.0. The van der Waals surface area contributed by atoms with Crippen molar-refractivity contribution >= 4 is 17.4 Å². The number of hydrogen-bond donors (Lipinski definition) is 1. The third kappa shape index (κ3) is 5.19. The largest absolute Gasteiger partial charge is 0.416 e. The molecule has 1 aromatic heterocycles. The molecule has 1 aliphatic rings. The number of halogens is 3. The van der Waals surface area contributed by atoms with Crippen molar-refractivity contribution in [2.45, 2.75) is 62.4 Å². The Morgan fingerprint density at radius 2 is 2.00 bits per heavy atom. The van der Waals surface area contributed by atoms with E-state index in [2.05, 4.69) is 26.2 Å². The van der Waals surface area contributed by atoms with E-state index in [4.69, 9.17) is 5.26 Å². The fourth-order valence-corrected chi connectivity index (χ4v) is 4.27. The van der Waals surface area contributed by atoms with Gasteiger partial charge in [-0.25, -0.2) is 0 Å². The van der Waals surface area contributed by atoms with Crippen LogP contribution in [0.5, 0.6) is 0 Å². The van der Waals surface area contributed by atoms with Crippen molar-refractivity contribution in [2.24, 2.45) is 0 Å². The van der Waals surface area contributed by atoms with Crippen LogP contribution >= 0.6 is 11.8 Å². The van der Waals surface area contributed by atoms with Crippen LogP contribution in [-0.4, -0.2) is 20.5 Å². The van der Waals surface area contributed by atoms with Crippen LogP contribution in [0.4, 0.5) is 18.9 Å². The molecule has 0 atom stereocenters. The maximum Gasteiger partial charge on any atom is 0.416 e. The lowest BCUT2D eigenvalue weighted by Crippen LogP contribution is -2.18. The highest BCUT2D eigenvalue weighted by atomic mass is 32.2. The van der Waals surface area contributed by atoms with Gasteiger partial charge in [-0.05, 0) is 31.0 Å². The lowest BCUT2D eigenvalue weighted by atomic mass is 9.95. The van der Waals surface area contributed by atoms with Crippen molar-refractivity contribution in [3.63, 3.8) is 0 Å². The molecule has 28 heavy (non-hydrogen) atoms. The first-order valence-electron chi connectivity index (χ1n) is 9.33. The first kappa shape index (κ1) is 20.5. The molecular weight excluding hydrogens is 387 g/mol. The number of nitrogens with zero attached hydrogens (tertiary/aromatic N) is 4. The van der Waals surface area contributed by atoms with Crippen molar-refractivity contribution in [1.82, 2.24) is 14.8 Å². The first-order chi connectivity index (χ1) is 13.5. The van der Waals surface area contributed by atoms with Crippen LogP contribution in [0, 0.1) is 11.3 Å². The Morgan fingerprint density at radius 3 is 2.71 bits per heavy atom. The molecule has 3 rings (SSSR count). The van der Waals surface area contributed by atoms with Crippen LogP contribution in [0.3, 0.4) is 0 Å². The minimum Gasteiger partial charge on any atom is -0.378 e. The van der Waals surface area contributed by atoms with Gasteiger partial charge in [-0.3, -0.25) is 0 Å². The van der Waals surface area contributed by atoms with Gasteiger partial charge in [0.15, 0.2) is 11.0 Å². The molecule has 0 spiro atoms. The number of aromatic nitrogens is 3. The van der Waals surface area contributed by atoms with E-state index in [9.17, 15) is 13.2 Å². The number of alkyl halides is 3. The van der Waals surface area contributed by atoms with E-state index >= 15 is 0 Å². The summed E-state index contributed by atoms with van der Waals surface area (Å²) < 4.78 is 40.8. The summed E-state index contributed by atoms with van der Waals surface area (Å²) in [7, 11) is 0. The normalized spacial score (nSPS) is 15.4. The minimum absolute atomic E-state index is 0.295. The number of nitriles is 1. The molecule has 1 aromatic carbocycles. The van der Waals surface area contributed by atoms with Gasteiger partial charge >= 0.3 is 6.18 Å². The lowest BCUT2D eigenvalue weighted by molar-refractivity contribution is -0.137. The predicted octanol–water partition coefficient (Wildman–Crippen LogP) is 5.42. The SMILES string of the molecule is N#CCCSc1nnc(CNc2cccc(C(F)(F)F)c2)n1C1CCCCC1. The van der Waals surface area contributed by atoms with E-state index in [-0.39, 0.29) is 0 Å². The van der Waals surface area contributed by atoms with Crippen molar-refractivity contribution in [3.8, 4) is 6.07 Å². The Balaban J connectivity index is 1.76. The van der Waals surface area contributed by atoms with Crippen LogP contribution in [0.15, 0.2) is 29.4 Å². The van der Waals surface area contributed by atoms with Gasteiger partial charge in [0, 0.05) is 23.9 Å². The van der Waals surface area contributed by atoms with Crippen molar-refractivity contribution in [2.75, 3.05) is 11.1 Å². The van der Waals surface area contributed by atoms with Gasteiger partial charge in [0.2, 0.25) is 0 Å². The Morgan fingerprint density at radius 1 is 1.21 bits per heavy atom. The molecule has 5 nitrogen and oxygen atoms in total. The number of nitrogens with one attached hydrogen (secondary N) is 1. The van der Waals surface area contributed by atoms with E-state index in [0.29, 0.717) is 36.3 Å². The monoisotopic (exact) mass is 409 g/mol. The standard InChI is InChI=1S/C19H22F3N5S/c20-19(21,22)14-6-4-7-15(12-14)24-13-17-25-26-18(28-11-5-10-23)27(17)16-8-2-1-3-9-16/h4,6-7,12,16,24H,1-3,5,8-9,11,13H2. The van der Waals surface area contributed by atoms with Crippen molar-refractivity contribution < 1.29 is 13.2 Å². The average Bonchev–Trinajstić information content (AvgIpc) is 3.10. The van der Waals surface area contributed by atoms with E-state index in [1.807, 2.05) is 0 Å². The maximum atomic E-state index is 12.9. The smallest absolute Gasteiger partial charge is 0.378 e. The van der Waals surface area contributed by atoms with Gasteiger partial charge in [-0.1, -0.05) is 37.1 Å². The summed E-state index contributed by atoms with van der Waals surface area (Å²) in [5.41, 5.74) is -0.286. The third-order valence-corrected chi connectivity index (χ3v) is 5.71. The summed E-state index contributed by atoms with van der Waals surface area (Å²) in [5.74, 6) is 1.35. The molecule has 9 heteroatoms. The zero-order valence-electron chi connectivity index (χ0n) is 15.4. The number of rotatable bonds is 7. The molecule has 1 saturated carbocycles. The molecule has 0 aliphatic heterocycles. The van der Waals surface area contributed by atoms with Crippen molar-refractivity contribution in [1.29, 1.82) is 5.26 Å². The summed E-state index contributed by atoms with van der Waals surface area (Å²) in [6.07, 6.45) is 1.65. The second-order valence-electron chi connectivity index (χ2n) is 6.75. The summed E-state index contributed by atoms with van der Waals surface area (Å²) in [6, 6.07) is 7.58. The highest BCUT2D eigenvalue weighted by molar-refractivity contribution is 7.99. The summed E-state index contributed by atoms with van der Waals surface area (Å²) in [6.45, 7) is 0.295. The van der Waals surface area contributed by atoms with Crippen LogP contribution in [0.1, 0.15) is 56.0 Å². The highest BCUT2D eigenvalue weighted by Gasteiger charge is 2.30. The van der Waals surface area contributed by atoms with Gasteiger partial charge in [0.05, 0.1) is 18.2 Å². The maximum absolute atomic E-state index is 12.9. The Kier molecular flexibility index (Phi) is 6.83. The minimum atomic E-state index is -4.37. The van der Waals surface area contributed by atoms with Gasteiger partial charge in [-0.2, -0.15) is 18.4 Å². The van der Waals surface area contributed by atoms with Gasteiger partial charge in [0.25, 0.3) is 0 Å². The molecular formula is C19H22F3N5S. The topological polar surface area (TPSA) is 66.5 Å². The zero-order valence-corrected chi connectivity index (χ0v) is 16.2. The quantitative estimate of drug-likeness (QED) is 0.489. The fourth-order valence-electron chi connectivity index (χ4n) is 3.41. The van der Waals surface area contributed by atoms with Gasteiger partial charge < -0.3 is 9.88 Å². The van der Waals surface area contributed by atoms with Crippen LogP contribution < -0.4 is 5.32 Å². The fraction of sp³-hybridized carbons (Fsp3) is 0.526. The third-order valence-electron chi connectivity index (χ3n) is 4.76. The molecule has 0 radical (unpaired) electrons. The molecule has 1 aliphatic carbocycles. The van der Waals surface area contributed by atoms with Gasteiger partial charge in [0.1, 0.15) is 0 Å². The molecule has 1 heterocycles. The molecule has 2 aromatic rings. The summed E-state index contributed by atoms with van der Waals surface area (Å²) >= 11 is 1.50. The van der Waals surface area contributed by atoms with E-state index in [1.165, 1.54) is 24.2 Å². The molecule has 1 N–H and O–H groups in total.